The van der Waals surface area contributed by atoms with Gasteiger partial charge in [-0.05, 0) is 6.07 Å². The van der Waals surface area contributed by atoms with Crippen molar-refractivity contribution < 1.29 is 0 Å². The molecule has 0 saturated heterocycles. The maximum atomic E-state index is 5.49. The molecule has 4 nitrogen and oxygen atoms in total. The molecule has 2 rings (SSSR count). The van der Waals surface area contributed by atoms with Crippen LogP contribution in [-0.4, -0.2) is 15.0 Å². The van der Waals surface area contributed by atoms with Crippen molar-refractivity contribution in [2.45, 2.75) is 6.54 Å². The van der Waals surface area contributed by atoms with Crippen LogP contribution in [0.25, 0.3) is 11.0 Å². The summed E-state index contributed by atoms with van der Waals surface area (Å²) in [4.78, 5) is 12.4. The molecule has 12 heavy (non-hydrogen) atoms. The number of hydrogen-bond acceptors (Lipinski definition) is 4. The average Bonchev–Trinajstić information content (AvgIpc) is 2.17. The fourth-order valence-corrected chi connectivity index (χ4v) is 1.10. The number of hydrogen-bond donors (Lipinski definition) is 1. The van der Waals surface area contributed by atoms with E-state index in [2.05, 4.69) is 15.0 Å². The third-order valence-electron chi connectivity index (χ3n) is 1.66. The largest absolute Gasteiger partial charge is 0.325 e. The van der Waals surface area contributed by atoms with Crippen molar-refractivity contribution in [2.75, 3.05) is 0 Å². The Morgan fingerprint density at radius 1 is 1.08 bits per heavy atom. The third kappa shape index (κ3) is 1.02. The second kappa shape index (κ2) is 2.83. The van der Waals surface area contributed by atoms with Crippen LogP contribution in [0.4, 0.5) is 0 Å². The molecule has 60 valence electrons. The van der Waals surface area contributed by atoms with E-state index in [-0.39, 0.29) is 0 Å². The maximum Gasteiger partial charge on any atom is 0.111 e. The van der Waals surface area contributed by atoms with Gasteiger partial charge in [0.2, 0.25) is 0 Å². The Hall–Kier alpha value is -1.55. The molecule has 4 heteroatoms. The lowest BCUT2D eigenvalue weighted by Crippen LogP contribution is -2.01. The molecule has 0 aliphatic heterocycles. The van der Waals surface area contributed by atoms with Gasteiger partial charge in [-0.2, -0.15) is 0 Å². The molecule has 0 amide bonds. The molecule has 0 bridgehead atoms. The van der Waals surface area contributed by atoms with Crippen molar-refractivity contribution in [2.24, 2.45) is 5.73 Å². The lowest BCUT2D eigenvalue weighted by atomic mass is 10.3. The Labute approximate surface area is 69.5 Å². The van der Waals surface area contributed by atoms with E-state index in [1.807, 2.05) is 6.07 Å². The summed E-state index contributed by atoms with van der Waals surface area (Å²) in [5, 5.41) is 0. The highest BCUT2D eigenvalue weighted by Gasteiger charge is 2.00. The summed E-state index contributed by atoms with van der Waals surface area (Å²) in [6.45, 7) is 0.399. The van der Waals surface area contributed by atoms with Crippen LogP contribution in [0, 0.1) is 0 Å². The quantitative estimate of drug-likeness (QED) is 0.659. The first kappa shape index (κ1) is 7.12. The second-order valence-corrected chi connectivity index (χ2v) is 2.39. The van der Waals surface area contributed by atoms with Crippen molar-refractivity contribution in [3.63, 3.8) is 0 Å². The summed E-state index contributed by atoms with van der Waals surface area (Å²) in [6, 6.07) is 1.82. The summed E-state index contributed by atoms with van der Waals surface area (Å²) in [5.74, 6) is 0. The van der Waals surface area contributed by atoms with Crippen molar-refractivity contribution in [3.8, 4) is 0 Å². The normalized spacial score (nSPS) is 10.4. The fraction of sp³-hybridized carbons (Fsp3) is 0.125. The van der Waals surface area contributed by atoms with Gasteiger partial charge in [0.05, 0.1) is 11.2 Å². The highest BCUT2D eigenvalue weighted by Crippen LogP contribution is 2.09. The van der Waals surface area contributed by atoms with E-state index in [1.165, 1.54) is 0 Å². The van der Waals surface area contributed by atoms with Gasteiger partial charge in [-0.3, -0.25) is 15.0 Å². The standard InChI is InChI=1S/C8H8N4/c9-5-7-8-6(1-2-10-7)11-3-4-12-8/h1-4H,5,9H2. The number of fused-ring (bicyclic) bond motifs is 1. The summed E-state index contributed by atoms with van der Waals surface area (Å²) in [5.41, 5.74) is 7.91. The molecule has 0 atom stereocenters. The van der Waals surface area contributed by atoms with Crippen molar-refractivity contribution >= 4 is 11.0 Å². The summed E-state index contributed by atoms with van der Waals surface area (Å²) < 4.78 is 0. The van der Waals surface area contributed by atoms with Crippen LogP contribution >= 0.6 is 0 Å². The summed E-state index contributed by atoms with van der Waals surface area (Å²) >= 11 is 0. The van der Waals surface area contributed by atoms with Gasteiger partial charge in [-0.25, -0.2) is 0 Å². The molecule has 0 aromatic carbocycles. The second-order valence-electron chi connectivity index (χ2n) is 2.39. The number of nitrogens with two attached hydrogens (primary N) is 1. The van der Waals surface area contributed by atoms with Gasteiger partial charge in [0.25, 0.3) is 0 Å². The fourth-order valence-electron chi connectivity index (χ4n) is 1.10. The summed E-state index contributed by atoms with van der Waals surface area (Å²) in [7, 11) is 0. The first-order valence-corrected chi connectivity index (χ1v) is 3.66. The van der Waals surface area contributed by atoms with E-state index in [0.717, 1.165) is 16.7 Å². The minimum Gasteiger partial charge on any atom is -0.325 e. The molecule has 2 aromatic rings. The molecule has 0 fully saturated rings. The molecule has 0 unspecified atom stereocenters. The smallest absolute Gasteiger partial charge is 0.111 e. The highest BCUT2D eigenvalue weighted by molar-refractivity contribution is 5.75. The van der Waals surface area contributed by atoms with Gasteiger partial charge in [0.1, 0.15) is 5.52 Å². The minimum absolute atomic E-state index is 0.399. The van der Waals surface area contributed by atoms with E-state index in [9.17, 15) is 0 Å². The Bertz CT molecular complexity index is 394. The minimum atomic E-state index is 0.399. The molecule has 2 heterocycles. The molecule has 2 N–H and O–H groups in total. The van der Waals surface area contributed by atoms with Crippen LogP contribution in [0.2, 0.25) is 0 Å². The zero-order valence-corrected chi connectivity index (χ0v) is 6.44. The number of nitrogens with zero attached hydrogens (tertiary/aromatic N) is 3. The van der Waals surface area contributed by atoms with Crippen molar-refractivity contribution in [3.05, 3.63) is 30.4 Å². The zero-order valence-electron chi connectivity index (χ0n) is 6.44. The first-order valence-electron chi connectivity index (χ1n) is 3.66. The third-order valence-corrected chi connectivity index (χ3v) is 1.66. The van der Waals surface area contributed by atoms with Crippen LogP contribution in [-0.2, 0) is 6.54 Å². The molecule has 2 aromatic heterocycles. The number of pyridine rings is 1. The van der Waals surface area contributed by atoms with Gasteiger partial charge in [0, 0.05) is 25.1 Å². The molecule has 0 saturated carbocycles. The number of rotatable bonds is 1. The van der Waals surface area contributed by atoms with Gasteiger partial charge in [-0.1, -0.05) is 0 Å². The molecule has 0 spiro atoms. The maximum absolute atomic E-state index is 5.49. The van der Waals surface area contributed by atoms with Crippen LogP contribution < -0.4 is 5.73 Å². The number of aromatic nitrogens is 3. The Balaban J connectivity index is 2.79. The molecular formula is C8H8N4. The van der Waals surface area contributed by atoms with E-state index < -0.39 is 0 Å². The van der Waals surface area contributed by atoms with E-state index in [1.54, 1.807) is 18.6 Å². The van der Waals surface area contributed by atoms with Crippen LogP contribution in [0.15, 0.2) is 24.7 Å². The lowest BCUT2D eigenvalue weighted by Gasteiger charge is -1.99. The van der Waals surface area contributed by atoms with Crippen LogP contribution in [0.3, 0.4) is 0 Å². The Morgan fingerprint density at radius 3 is 2.75 bits per heavy atom. The van der Waals surface area contributed by atoms with E-state index >= 15 is 0 Å². The van der Waals surface area contributed by atoms with Gasteiger partial charge in [0.15, 0.2) is 0 Å². The lowest BCUT2D eigenvalue weighted by molar-refractivity contribution is 0.996. The van der Waals surface area contributed by atoms with Crippen molar-refractivity contribution in [1.29, 1.82) is 0 Å². The predicted octanol–water partition coefficient (Wildman–Crippen LogP) is 0.483. The predicted molar refractivity (Wildman–Crippen MR) is 45.2 cm³/mol. The van der Waals surface area contributed by atoms with E-state index in [4.69, 9.17) is 5.73 Å². The summed E-state index contributed by atoms with van der Waals surface area (Å²) in [6.07, 6.45) is 4.99. The molecule has 0 aliphatic carbocycles. The van der Waals surface area contributed by atoms with Gasteiger partial charge < -0.3 is 5.73 Å². The Kier molecular flexibility index (Phi) is 1.68. The molecule has 0 aliphatic rings. The zero-order chi connectivity index (χ0) is 8.39. The molecular weight excluding hydrogens is 152 g/mol. The van der Waals surface area contributed by atoms with Crippen molar-refractivity contribution in [1.82, 2.24) is 15.0 Å². The SMILES string of the molecule is NCc1nccc2nccnc12. The molecule has 0 radical (unpaired) electrons. The highest BCUT2D eigenvalue weighted by atomic mass is 14.8. The van der Waals surface area contributed by atoms with Gasteiger partial charge in [-0.15, -0.1) is 0 Å². The van der Waals surface area contributed by atoms with Crippen LogP contribution in [0.1, 0.15) is 5.69 Å². The van der Waals surface area contributed by atoms with E-state index in [0.29, 0.717) is 6.54 Å². The average molecular weight is 160 g/mol. The monoisotopic (exact) mass is 160 g/mol. The first-order chi connectivity index (χ1) is 5.92. The Morgan fingerprint density at radius 2 is 1.92 bits per heavy atom. The topological polar surface area (TPSA) is 64.7 Å². The van der Waals surface area contributed by atoms with Gasteiger partial charge >= 0.3 is 0 Å². The van der Waals surface area contributed by atoms with Crippen LogP contribution in [0.5, 0.6) is 0 Å².